The van der Waals surface area contributed by atoms with E-state index >= 15 is 0 Å². The maximum Gasteiger partial charge on any atom is 0.336 e. The van der Waals surface area contributed by atoms with Gasteiger partial charge in [0, 0.05) is 22.6 Å². The minimum Gasteiger partial charge on any atom is -0.478 e. The summed E-state index contributed by atoms with van der Waals surface area (Å²) in [5.41, 5.74) is 4.95. The van der Waals surface area contributed by atoms with Gasteiger partial charge in [-0.3, -0.25) is 0 Å². The molecule has 0 atom stereocenters. The fraction of sp³-hybridized carbons (Fsp3) is 0.500. The molecule has 0 radical (unpaired) electrons. The van der Waals surface area contributed by atoms with Gasteiger partial charge in [-0.25, -0.2) is 4.79 Å². The van der Waals surface area contributed by atoms with E-state index in [1.165, 1.54) is 23.1 Å². The Balaban J connectivity index is 2.77. The number of rotatable bonds is 5. The van der Waals surface area contributed by atoms with Crippen molar-refractivity contribution in [1.29, 1.82) is 0 Å². The Morgan fingerprint density at radius 3 is 2.48 bits per heavy atom. The van der Waals surface area contributed by atoms with Crippen molar-refractivity contribution < 1.29 is 9.90 Å². The van der Waals surface area contributed by atoms with E-state index in [0.717, 1.165) is 23.9 Å². The Morgan fingerprint density at radius 1 is 1.29 bits per heavy atom. The van der Waals surface area contributed by atoms with Crippen LogP contribution < -0.4 is 0 Å². The first kappa shape index (κ1) is 15.6. The van der Waals surface area contributed by atoms with Gasteiger partial charge >= 0.3 is 5.97 Å². The second-order valence-electron chi connectivity index (χ2n) is 6.12. The number of fused-ring (bicyclic) bond motifs is 1. The molecule has 1 heterocycles. The molecule has 3 heteroatoms. The summed E-state index contributed by atoms with van der Waals surface area (Å²) in [7, 11) is 0. The van der Waals surface area contributed by atoms with Crippen molar-refractivity contribution in [2.75, 3.05) is 0 Å². The van der Waals surface area contributed by atoms with Crippen LogP contribution in [0, 0.1) is 13.8 Å². The van der Waals surface area contributed by atoms with Crippen LogP contribution in [-0.4, -0.2) is 15.6 Å². The highest BCUT2D eigenvalue weighted by molar-refractivity contribution is 5.97. The van der Waals surface area contributed by atoms with E-state index in [4.69, 9.17) is 0 Å². The molecule has 2 aromatic rings. The summed E-state index contributed by atoms with van der Waals surface area (Å²) in [5.74, 6) is -0.848. The Morgan fingerprint density at radius 2 is 1.95 bits per heavy atom. The number of aromatic carboxylic acids is 1. The summed E-state index contributed by atoms with van der Waals surface area (Å²) in [6.45, 7) is 10.5. The number of nitrogens with zero attached hydrogens (tertiary/aromatic N) is 1. The molecule has 3 nitrogen and oxygen atoms in total. The van der Waals surface area contributed by atoms with Gasteiger partial charge in [-0.1, -0.05) is 13.3 Å². The van der Waals surface area contributed by atoms with Gasteiger partial charge in [0.15, 0.2) is 0 Å². The third-order valence-electron chi connectivity index (χ3n) is 4.25. The summed E-state index contributed by atoms with van der Waals surface area (Å²) >= 11 is 0. The predicted molar refractivity (Wildman–Crippen MR) is 87.4 cm³/mol. The molecule has 0 bridgehead atoms. The van der Waals surface area contributed by atoms with Crippen LogP contribution in [-0.2, 0) is 6.42 Å². The Kier molecular flexibility index (Phi) is 4.40. The van der Waals surface area contributed by atoms with E-state index < -0.39 is 5.97 Å². The average Bonchev–Trinajstić information content (AvgIpc) is 2.66. The highest BCUT2D eigenvalue weighted by Gasteiger charge is 2.18. The fourth-order valence-corrected chi connectivity index (χ4v) is 3.22. The van der Waals surface area contributed by atoms with E-state index in [0.29, 0.717) is 11.6 Å². The van der Waals surface area contributed by atoms with E-state index in [1.54, 1.807) is 0 Å². The number of aromatic nitrogens is 1. The molecule has 0 fully saturated rings. The zero-order chi connectivity index (χ0) is 15.7. The van der Waals surface area contributed by atoms with E-state index in [-0.39, 0.29) is 0 Å². The van der Waals surface area contributed by atoms with Gasteiger partial charge in [0.25, 0.3) is 0 Å². The average molecular weight is 287 g/mol. The van der Waals surface area contributed by atoms with Gasteiger partial charge in [0.2, 0.25) is 0 Å². The van der Waals surface area contributed by atoms with Crippen LogP contribution in [0.1, 0.15) is 66.8 Å². The molecule has 2 rings (SSSR count). The molecule has 1 N–H and O–H groups in total. The molecule has 114 valence electrons. The number of aryl methyl sites for hydroxylation is 2. The van der Waals surface area contributed by atoms with Crippen molar-refractivity contribution in [3.8, 4) is 0 Å². The first-order chi connectivity index (χ1) is 9.88. The molecule has 1 aromatic carbocycles. The number of carboxylic acids is 1. The van der Waals surface area contributed by atoms with Crippen LogP contribution >= 0.6 is 0 Å². The third kappa shape index (κ3) is 2.69. The van der Waals surface area contributed by atoms with Crippen LogP contribution in [0.5, 0.6) is 0 Å². The number of carboxylic acid groups (broad SMARTS) is 1. The number of carbonyl (C=O) groups is 1. The van der Waals surface area contributed by atoms with Crippen LogP contribution in [0.3, 0.4) is 0 Å². The topological polar surface area (TPSA) is 42.2 Å². The minimum absolute atomic E-state index is 0.326. The van der Waals surface area contributed by atoms with Gasteiger partial charge in [-0.05, 0) is 63.8 Å². The Hall–Kier alpha value is -1.77. The van der Waals surface area contributed by atoms with Crippen LogP contribution in [0.15, 0.2) is 12.1 Å². The summed E-state index contributed by atoms with van der Waals surface area (Å²) in [6, 6.07) is 4.22. The molecular formula is C18H25NO2. The Bertz CT molecular complexity index is 680. The molecule has 0 unspecified atom stereocenters. The standard InChI is InChI=1S/C18H25NO2/c1-6-7-8-14-13(5)19(11(2)3)17-10-15(18(20)21)12(4)9-16(14)17/h9-11H,6-8H2,1-5H3,(H,20,21). The van der Waals surface area contributed by atoms with Crippen molar-refractivity contribution in [1.82, 2.24) is 4.57 Å². The van der Waals surface area contributed by atoms with Gasteiger partial charge < -0.3 is 9.67 Å². The third-order valence-corrected chi connectivity index (χ3v) is 4.25. The molecule has 1 aromatic heterocycles. The van der Waals surface area contributed by atoms with Crippen LogP contribution in [0.4, 0.5) is 0 Å². The lowest BCUT2D eigenvalue weighted by molar-refractivity contribution is 0.0696. The lowest BCUT2D eigenvalue weighted by Gasteiger charge is -2.13. The Labute approximate surface area is 126 Å². The normalized spacial score (nSPS) is 11.5. The lowest BCUT2D eigenvalue weighted by Crippen LogP contribution is -2.05. The smallest absolute Gasteiger partial charge is 0.336 e. The summed E-state index contributed by atoms with van der Waals surface area (Å²) in [5, 5.41) is 10.6. The van der Waals surface area contributed by atoms with Crippen molar-refractivity contribution in [2.24, 2.45) is 0 Å². The second kappa shape index (κ2) is 5.92. The van der Waals surface area contributed by atoms with Gasteiger partial charge in [-0.2, -0.15) is 0 Å². The molecule has 0 aliphatic heterocycles. The zero-order valence-electron chi connectivity index (χ0n) is 13.7. The molecule has 0 saturated heterocycles. The number of unbranched alkanes of at least 4 members (excludes halogenated alkanes) is 1. The summed E-state index contributed by atoms with van der Waals surface area (Å²) in [4.78, 5) is 11.4. The first-order valence-electron chi connectivity index (χ1n) is 7.75. The number of hydrogen-bond donors (Lipinski definition) is 1. The summed E-state index contributed by atoms with van der Waals surface area (Å²) < 4.78 is 2.27. The highest BCUT2D eigenvalue weighted by Crippen LogP contribution is 2.32. The molecular weight excluding hydrogens is 262 g/mol. The van der Waals surface area contributed by atoms with Crippen molar-refractivity contribution in [3.05, 3.63) is 34.5 Å². The second-order valence-corrected chi connectivity index (χ2v) is 6.12. The van der Waals surface area contributed by atoms with Gasteiger partial charge in [0.1, 0.15) is 0 Å². The van der Waals surface area contributed by atoms with E-state index in [1.807, 2.05) is 13.0 Å². The first-order valence-corrected chi connectivity index (χ1v) is 7.75. The fourth-order valence-electron chi connectivity index (χ4n) is 3.22. The van der Waals surface area contributed by atoms with Crippen molar-refractivity contribution in [3.63, 3.8) is 0 Å². The van der Waals surface area contributed by atoms with E-state index in [2.05, 4.69) is 38.3 Å². The molecule has 21 heavy (non-hydrogen) atoms. The van der Waals surface area contributed by atoms with Gasteiger partial charge in [-0.15, -0.1) is 0 Å². The molecule has 0 spiro atoms. The zero-order valence-corrected chi connectivity index (χ0v) is 13.7. The lowest BCUT2D eigenvalue weighted by atomic mass is 10.0. The quantitative estimate of drug-likeness (QED) is 0.851. The minimum atomic E-state index is -0.848. The SMILES string of the molecule is CCCCc1c(C)n(C(C)C)c2cc(C(=O)O)c(C)cc12. The molecule has 0 amide bonds. The monoisotopic (exact) mass is 287 g/mol. The van der Waals surface area contributed by atoms with Crippen molar-refractivity contribution >= 4 is 16.9 Å². The van der Waals surface area contributed by atoms with E-state index in [9.17, 15) is 9.90 Å². The van der Waals surface area contributed by atoms with Crippen molar-refractivity contribution in [2.45, 2.75) is 59.9 Å². The van der Waals surface area contributed by atoms with Crippen LogP contribution in [0.2, 0.25) is 0 Å². The predicted octanol–water partition coefficient (Wildman–Crippen LogP) is 4.88. The molecule has 0 saturated carbocycles. The molecule has 0 aliphatic carbocycles. The maximum atomic E-state index is 11.4. The molecule has 0 aliphatic rings. The summed E-state index contributed by atoms with van der Waals surface area (Å²) in [6.07, 6.45) is 3.39. The largest absolute Gasteiger partial charge is 0.478 e. The number of benzene rings is 1. The maximum absolute atomic E-state index is 11.4. The van der Waals surface area contributed by atoms with Crippen LogP contribution in [0.25, 0.3) is 10.9 Å². The number of hydrogen-bond acceptors (Lipinski definition) is 1. The highest BCUT2D eigenvalue weighted by atomic mass is 16.4. The van der Waals surface area contributed by atoms with Gasteiger partial charge in [0.05, 0.1) is 5.56 Å².